The molecule has 0 aliphatic heterocycles. The molecule has 2 aromatic heterocycles. The van der Waals surface area contributed by atoms with Crippen molar-refractivity contribution in [1.29, 1.82) is 0 Å². The van der Waals surface area contributed by atoms with Crippen LogP contribution in [0.15, 0.2) is 36.5 Å². The Balaban J connectivity index is 1.89. The van der Waals surface area contributed by atoms with Crippen molar-refractivity contribution in [3.8, 4) is 5.75 Å². The van der Waals surface area contributed by atoms with Crippen molar-refractivity contribution >= 4 is 34.8 Å². The van der Waals surface area contributed by atoms with E-state index >= 15 is 0 Å². The number of benzene rings is 1. The molecule has 3 rings (SSSR count). The minimum absolute atomic E-state index is 0.184. The van der Waals surface area contributed by atoms with Gasteiger partial charge in [-0.05, 0) is 25.1 Å². The van der Waals surface area contributed by atoms with Crippen LogP contribution in [0.25, 0.3) is 5.65 Å². The quantitative estimate of drug-likeness (QED) is 0.542. The van der Waals surface area contributed by atoms with Gasteiger partial charge in [0.25, 0.3) is 5.91 Å². The highest BCUT2D eigenvalue weighted by Crippen LogP contribution is 2.28. The molecule has 0 aliphatic rings. The van der Waals surface area contributed by atoms with Crippen molar-refractivity contribution in [3.63, 3.8) is 0 Å². The van der Waals surface area contributed by atoms with Gasteiger partial charge in [-0.1, -0.05) is 35.3 Å². The maximum atomic E-state index is 12.6. The van der Waals surface area contributed by atoms with Gasteiger partial charge in [0.05, 0.1) is 35.0 Å². The number of imidazole rings is 1. The monoisotopic (exact) mass is 423 g/mol. The first kappa shape index (κ1) is 20.4. The van der Waals surface area contributed by atoms with Crippen molar-refractivity contribution in [3.05, 3.63) is 63.5 Å². The summed E-state index contributed by atoms with van der Waals surface area (Å²) in [5, 5.41) is 21.8. The minimum Gasteiger partial charge on any atom is -0.485 e. The number of pyridine rings is 1. The normalized spacial score (nSPS) is 11.2. The summed E-state index contributed by atoms with van der Waals surface area (Å²) in [4.78, 5) is 17.0. The van der Waals surface area contributed by atoms with Gasteiger partial charge < -0.3 is 20.3 Å². The van der Waals surface area contributed by atoms with Crippen molar-refractivity contribution < 1.29 is 19.7 Å². The maximum Gasteiger partial charge on any atom is 0.270 e. The molecule has 1 aromatic carbocycles. The molecule has 3 aromatic rings. The summed E-state index contributed by atoms with van der Waals surface area (Å²) in [6.45, 7) is 1.15. The van der Waals surface area contributed by atoms with Gasteiger partial charge in [0.15, 0.2) is 11.4 Å². The van der Waals surface area contributed by atoms with Crippen molar-refractivity contribution in [1.82, 2.24) is 14.7 Å². The molecule has 0 radical (unpaired) electrons. The summed E-state index contributed by atoms with van der Waals surface area (Å²) in [5.74, 6) is 0.0229. The van der Waals surface area contributed by atoms with Gasteiger partial charge in [-0.2, -0.15) is 0 Å². The number of hydrogen-bond donors (Lipinski definition) is 3. The van der Waals surface area contributed by atoms with Gasteiger partial charge in [0, 0.05) is 11.8 Å². The van der Waals surface area contributed by atoms with Gasteiger partial charge in [0.2, 0.25) is 0 Å². The molecule has 3 N–H and O–H groups in total. The molecule has 0 fully saturated rings. The van der Waals surface area contributed by atoms with Crippen LogP contribution in [0.1, 0.15) is 21.7 Å². The standard InChI is InChI=1S/C19H19Cl2N3O4/c1-11-17(19(27)23-13(8-25)9-26)24-7-3-6-15(18(24)22-11)28-10-12-4-2-5-14(20)16(12)21/h2-7,13,25-26H,8-10H2,1H3,(H,23,27). The lowest BCUT2D eigenvalue weighted by atomic mass is 10.2. The van der Waals surface area contributed by atoms with E-state index in [9.17, 15) is 15.0 Å². The molecule has 9 heteroatoms. The molecule has 2 heterocycles. The number of halogens is 2. The number of hydrogen-bond acceptors (Lipinski definition) is 5. The lowest BCUT2D eigenvalue weighted by Crippen LogP contribution is -2.40. The molecule has 0 atom stereocenters. The predicted octanol–water partition coefficient (Wildman–Crippen LogP) is 2.61. The number of aryl methyl sites for hydroxylation is 1. The highest BCUT2D eigenvalue weighted by Gasteiger charge is 2.21. The smallest absolute Gasteiger partial charge is 0.270 e. The zero-order chi connectivity index (χ0) is 20.3. The predicted molar refractivity (Wildman–Crippen MR) is 106 cm³/mol. The summed E-state index contributed by atoms with van der Waals surface area (Å²) in [6.07, 6.45) is 1.69. The second kappa shape index (κ2) is 8.79. The van der Waals surface area contributed by atoms with E-state index in [4.69, 9.17) is 27.9 Å². The Bertz CT molecular complexity index is 1000. The number of carbonyl (C=O) groups excluding carboxylic acids is 1. The molecule has 28 heavy (non-hydrogen) atoms. The molecule has 7 nitrogen and oxygen atoms in total. The first-order valence-corrected chi connectivity index (χ1v) is 9.27. The van der Waals surface area contributed by atoms with Crippen molar-refractivity contribution in [2.75, 3.05) is 13.2 Å². The first-order chi connectivity index (χ1) is 13.5. The molecular formula is C19H19Cl2N3O4. The van der Waals surface area contributed by atoms with Crippen LogP contribution in [-0.4, -0.2) is 44.8 Å². The Labute approximate surface area is 171 Å². The number of nitrogens with one attached hydrogen (secondary N) is 1. The zero-order valence-corrected chi connectivity index (χ0v) is 16.5. The second-order valence-corrected chi connectivity index (χ2v) is 6.93. The molecule has 0 unspecified atom stereocenters. The number of nitrogens with zero attached hydrogens (tertiary/aromatic N) is 2. The number of aliphatic hydroxyl groups is 2. The van der Waals surface area contributed by atoms with Crippen LogP contribution in [0.2, 0.25) is 10.0 Å². The number of fused-ring (bicyclic) bond motifs is 1. The fraction of sp³-hybridized carbons (Fsp3) is 0.263. The molecule has 1 amide bonds. The Hall–Kier alpha value is -2.32. The Kier molecular flexibility index (Phi) is 6.41. The van der Waals surface area contributed by atoms with E-state index in [1.807, 2.05) is 6.07 Å². The van der Waals surface area contributed by atoms with Gasteiger partial charge >= 0.3 is 0 Å². The average Bonchev–Trinajstić information content (AvgIpc) is 3.03. The summed E-state index contributed by atoms with van der Waals surface area (Å²) in [5.41, 5.74) is 1.98. The fourth-order valence-corrected chi connectivity index (χ4v) is 3.14. The number of ether oxygens (including phenoxy) is 1. The van der Waals surface area contributed by atoms with E-state index in [1.54, 1.807) is 41.8 Å². The van der Waals surface area contributed by atoms with E-state index in [-0.39, 0.29) is 19.8 Å². The lowest BCUT2D eigenvalue weighted by Gasteiger charge is -2.13. The molecule has 0 spiro atoms. The van der Waals surface area contributed by atoms with Crippen LogP contribution in [0, 0.1) is 6.92 Å². The van der Waals surface area contributed by atoms with E-state index < -0.39 is 11.9 Å². The van der Waals surface area contributed by atoms with Crippen LogP contribution >= 0.6 is 23.2 Å². The maximum absolute atomic E-state index is 12.6. The number of rotatable bonds is 7. The Morgan fingerprint density at radius 2 is 2.00 bits per heavy atom. The molecule has 0 bridgehead atoms. The van der Waals surface area contributed by atoms with Crippen molar-refractivity contribution in [2.45, 2.75) is 19.6 Å². The van der Waals surface area contributed by atoms with Crippen LogP contribution < -0.4 is 10.1 Å². The average molecular weight is 424 g/mol. The summed E-state index contributed by atoms with van der Waals surface area (Å²) in [7, 11) is 0. The Morgan fingerprint density at radius 3 is 2.71 bits per heavy atom. The summed E-state index contributed by atoms with van der Waals surface area (Å²) in [6, 6.07) is 8.02. The van der Waals surface area contributed by atoms with Gasteiger partial charge in [-0.3, -0.25) is 9.20 Å². The summed E-state index contributed by atoms with van der Waals surface area (Å²) >= 11 is 12.2. The lowest BCUT2D eigenvalue weighted by molar-refractivity contribution is 0.0873. The molecule has 0 saturated heterocycles. The van der Waals surface area contributed by atoms with Crippen LogP contribution in [-0.2, 0) is 6.61 Å². The van der Waals surface area contributed by atoms with E-state index in [1.165, 1.54) is 0 Å². The van der Waals surface area contributed by atoms with Crippen LogP contribution in [0.3, 0.4) is 0 Å². The highest BCUT2D eigenvalue weighted by molar-refractivity contribution is 6.42. The third-order valence-electron chi connectivity index (χ3n) is 4.19. The molecule has 0 saturated carbocycles. The third-order valence-corrected chi connectivity index (χ3v) is 5.05. The van der Waals surface area contributed by atoms with Crippen LogP contribution in [0.4, 0.5) is 0 Å². The van der Waals surface area contributed by atoms with E-state index in [0.29, 0.717) is 32.8 Å². The number of aromatic nitrogens is 2. The minimum atomic E-state index is -0.748. The molecular weight excluding hydrogens is 405 g/mol. The van der Waals surface area contributed by atoms with E-state index in [2.05, 4.69) is 10.3 Å². The summed E-state index contributed by atoms with van der Waals surface area (Å²) < 4.78 is 7.48. The number of amides is 1. The highest BCUT2D eigenvalue weighted by atomic mass is 35.5. The largest absolute Gasteiger partial charge is 0.485 e. The number of aliphatic hydroxyl groups excluding tert-OH is 2. The fourth-order valence-electron chi connectivity index (χ4n) is 2.76. The van der Waals surface area contributed by atoms with Gasteiger partial charge in [0.1, 0.15) is 12.3 Å². The first-order valence-electron chi connectivity index (χ1n) is 8.52. The van der Waals surface area contributed by atoms with Gasteiger partial charge in [-0.25, -0.2) is 4.98 Å². The Morgan fingerprint density at radius 1 is 1.25 bits per heavy atom. The van der Waals surface area contributed by atoms with E-state index in [0.717, 1.165) is 5.56 Å². The van der Waals surface area contributed by atoms with Crippen LogP contribution in [0.5, 0.6) is 5.75 Å². The van der Waals surface area contributed by atoms with Crippen molar-refractivity contribution in [2.24, 2.45) is 0 Å². The topological polar surface area (TPSA) is 96.1 Å². The molecule has 0 aliphatic carbocycles. The molecule has 148 valence electrons. The number of carbonyl (C=O) groups is 1. The SMILES string of the molecule is Cc1nc2c(OCc3cccc(Cl)c3Cl)cccn2c1C(=O)NC(CO)CO. The second-order valence-electron chi connectivity index (χ2n) is 6.15. The van der Waals surface area contributed by atoms with Gasteiger partial charge in [-0.15, -0.1) is 0 Å². The zero-order valence-electron chi connectivity index (χ0n) is 15.0. The third kappa shape index (κ3) is 4.07.